The number of anilines is 1. The molecule has 1 aromatic carbocycles. The summed E-state index contributed by atoms with van der Waals surface area (Å²) in [5, 5.41) is 6.52. The normalized spacial score (nSPS) is 19.9. The molecule has 28 heavy (non-hydrogen) atoms. The van der Waals surface area contributed by atoms with Gasteiger partial charge < -0.3 is 5.32 Å². The number of fused-ring (bicyclic) bond motifs is 1. The van der Waals surface area contributed by atoms with Crippen LogP contribution in [0, 0.1) is 0 Å². The van der Waals surface area contributed by atoms with Gasteiger partial charge in [0.05, 0.1) is 16.8 Å². The number of carbonyl (C=O) groups excluding carboxylic acids is 3. The third-order valence-electron chi connectivity index (χ3n) is 4.84. The third-order valence-corrected chi connectivity index (χ3v) is 8.12. The van der Waals surface area contributed by atoms with E-state index >= 15 is 0 Å². The van der Waals surface area contributed by atoms with Crippen molar-refractivity contribution in [1.82, 2.24) is 9.62 Å². The minimum atomic E-state index is -3.78. The topological polar surface area (TPSA) is 113 Å². The van der Waals surface area contributed by atoms with E-state index in [1.54, 1.807) is 17.5 Å². The van der Waals surface area contributed by atoms with Crippen molar-refractivity contribution in [2.75, 3.05) is 11.9 Å². The number of thiophene rings is 1. The fourth-order valence-corrected chi connectivity index (χ4v) is 6.30. The molecule has 2 aliphatic heterocycles. The molecule has 2 N–H and O–H groups in total. The number of carbonyl (C=O) groups is 3. The number of rotatable bonds is 4. The molecule has 0 spiro atoms. The van der Waals surface area contributed by atoms with Crippen LogP contribution < -0.4 is 10.6 Å². The van der Waals surface area contributed by atoms with Gasteiger partial charge in [-0.2, -0.15) is 4.31 Å². The molecule has 146 valence electrons. The van der Waals surface area contributed by atoms with Crippen molar-refractivity contribution in [3.63, 3.8) is 0 Å². The van der Waals surface area contributed by atoms with Crippen molar-refractivity contribution in [3.8, 4) is 0 Å². The van der Waals surface area contributed by atoms with Gasteiger partial charge >= 0.3 is 0 Å². The van der Waals surface area contributed by atoms with Crippen molar-refractivity contribution in [2.24, 2.45) is 0 Å². The molecule has 1 saturated heterocycles. The molecular formula is C18H17N3O5S2. The lowest BCUT2D eigenvalue weighted by Gasteiger charge is -2.33. The molecule has 1 aromatic heterocycles. The van der Waals surface area contributed by atoms with E-state index in [1.165, 1.54) is 22.5 Å². The fourth-order valence-electron chi connectivity index (χ4n) is 3.52. The van der Waals surface area contributed by atoms with Crippen molar-refractivity contribution in [2.45, 2.75) is 29.5 Å². The number of benzene rings is 1. The first-order chi connectivity index (χ1) is 13.4. The lowest BCUT2D eigenvalue weighted by Crippen LogP contribution is -2.49. The quantitative estimate of drug-likeness (QED) is 0.734. The van der Waals surface area contributed by atoms with E-state index in [-0.39, 0.29) is 27.6 Å². The zero-order valence-electron chi connectivity index (χ0n) is 14.7. The lowest BCUT2D eigenvalue weighted by atomic mass is 10.0. The Balaban J connectivity index is 1.63. The summed E-state index contributed by atoms with van der Waals surface area (Å²) in [6, 6.07) is 6.88. The van der Waals surface area contributed by atoms with Crippen LogP contribution in [0.2, 0.25) is 0 Å². The highest BCUT2D eigenvalue weighted by Crippen LogP contribution is 2.30. The first-order valence-corrected chi connectivity index (χ1v) is 11.1. The zero-order valence-corrected chi connectivity index (χ0v) is 16.3. The van der Waals surface area contributed by atoms with E-state index in [9.17, 15) is 22.8 Å². The molecule has 1 fully saturated rings. The van der Waals surface area contributed by atoms with E-state index in [2.05, 4.69) is 10.6 Å². The van der Waals surface area contributed by atoms with Crippen LogP contribution in [0.5, 0.6) is 0 Å². The highest BCUT2D eigenvalue weighted by Gasteiger charge is 2.39. The average Bonchev–Trinajstić information content (AvgIpc) is 3.32. The largest absolute Gasteiger partial charge is 0.324 e. The summed E-state index contributed by atoms with van der Waals surface area (Å²) in [4.78, 5) is 36.8. The van der Waals surface area contributed by atoms with Crippen molar-refractivity contribution >= 4 is 44.8 Å². The van der Waals surface area contributed by atoms with Crippen molar-refractivity contribution in [1.29, 1.82) is 0 Å². The highest BCUT2D eigenvalue weighted by molar-refractivity contribution is 7.91. The third kappa shape index (κ3) is 3.13. The Bertz CT molecular complexity index is 1060. The number of hydrogen-bond acceptors (Lipinski definition) is 6. The molecule has 0 bridgehead atoms. The molecular weight excluding hydrogens is 402 g/mol. The van der Waals surface area contributed by atoms with Gasteiger partial charge in [-0.3, -0.25) is 19.7 Å². The predicted octanol–water partition coefficient (Wildman–Crippen LogP) is 1.81. The van der Waals surface area contributed by atoms with Gasteiger partial charge in [-0.1, -0.05) is 18.6 Å². The summed E-state index contributed by atoms with van der Waals surface area (Å²) in [5.41, 5.74) is 0.490. The summed E-state index contributed by atoms with van der Waals surface area (Å²) >= 11 is 1.11. The van der Waals surface area contributed by atoms with Gasteiger partial charge in [0.25, 0.3) is 21.8 Å². The smallest absolute Gasteiger partial charge is 0.261 e. The second-order valence-electron chi connectivity index (χ2n) is 6.56. The van der Waals surface area contributed by atoms with E-state index in [1.807, 2.05) is 0 Å². The van der Waals surface area contributed by atoms with Gasteiger partial charge in [0.1, 0.15) is 10.3 Å². The maximum absolute atomic E-state index is 13.0. The number of nitrogens with zero attached hydrogens (tertiary/aromatic N) is 1. The Morgan fingerprint density at radius 2 is 1.96 bits per heavy atom. The monoisotopic (exact) mass is 419 g/mol. The summed E-state index contributed by atoms with van der Waals surface area (Å²) in [7, 11) is -3.78. The fraction of sp³-hybridized carbons (Fsp3) is 0.278. The zero-order chi connectivity index (χ0) is 19.9. The Morgan fingerprint density at radius 3 is 2.71 bits per heavy atom. The van der Waals surface area contributed by atoms with Crippen molar-refractivity contribution in [3.05, 3.63) is 46.8 Å². The molecule has 1 atom stereocenters. The number of hydrogen-bond donors (Lipinski definition) is 2. The van der Waals surface area contributed by atoms with Gasteiger partial charge in [0.15, 0.2) is 0 Å². The molecule has 0 saturated carbocycles. The molecule has 1 unspecified atom stereocenters. The van der Waals surface area contributed by atoms with E-state index in [0.29, 0.717) is 12.8 Å². The second-order valence-corrected chi connectivity index (χ2v) is 9.63. The Labute approximate surface area is 165 Å². The number of sulfonamides is 1. The SMILES string of the molecule is O=C1NC(=O)c2c(NC(=O)C3CCCCN3S(=O)(=O)c3cccs3)cccc21. The first kappa shape index (κ1) is 18.8. The molecule has 3 amide bonds. The van der Waals surface area contributed by atoms with Gasteiger partial charge in [0, 0.05) is 6.54 Å². The van der Waals surface area contributed by atoms with E-state index < -0.39 is 33.8 Å². The van der Waals surface area contributed by atoms with Crippen LogP contribution in [0.25, 0.3) is 0 Å². The molecule has 0 radical (unpaired) electrons. The average molecular weight is 419 g/mol. The Kier molecular flexibility index (Phi) is 4.77. The number of imide groups is 1. The molecule has 2 aromatic rings. The van der Waals surface area contributed by atoms with Crippen molar-refractivity contribution < 1.29 is 22.8 Å². The van der Waals surface area contributed by atoms with Crippen LogP contribution in [0.3, 0.4) is 0 Å². The van der Waals surface area contributed by atoms with E-state index in [4.69, 9.17) is 0 Å². The summed E-state index contributed by atoms with van der Waals surface area (Å²) in [5.74, 6) is -1.61. The highest BCUT2D eigenvalue weighted by atomic mass is 32.2. The van der Waals surface area contributed by atoms with Gasteiger partial charge in [0.2, 0.25) is 5.91 Å². The predicted molar refractivity (Wildman–Crippen MR) is 103 cm³/mol. The maximum atomic E-state index is 13.0. The number of nitrogens with one attached hydrogen (secondary N) is 2. The van der Waals surface area contributed by atoms with Crippen LogP contribution in [0.1, 0.15) is 40.0 Å². The summed E-state index contributed by atoms with van der Waals surface area (Å²) in [6.07, 6.45) is 1.78. The minimum absolute atomic E-state index is 0.101. The second kappa shape index (κ2) is 7.12. The number of piperidine rings is 1. The Morgan fingerprint density at radius 1 is 1.14 bits per heavy atom. The molecule has 3 heterocycles. The minimum Gasteiger partial charge on any atom is -0.324 e. The molecule has 2 aliphatic rings. The van der Waals surface area contributed by atoms with Crippen LogP contribution in [-0.2, 0) is 14.8 Å². The van der Waals surface area contributed by atoms with Crippen LogP contribution in [0.15, 0.2) is 39.9 Å². The van der Waals surface area contributed by atoms with Crippen LogP contribution >= 0.6 is 11.3 Å². The summed E-state index contributed by atoms with van der Waals surface area (Å²) < 4.78 is 27.3. The van der Waals surface area contributed by atoms with Gasteiger partial charge in [-0.25, -0.2) is 8.42 Å². The van der Waals surface area contributed by atoms with Gasteiger partial charge in [-0.05, 0) is 36.4 Å². The van der Waals surface area contributed by atoms with E-state index in [0.717, 1.165) is 17.8 Å². The standard InChI is InChI=1S/C18H17N3O5S2/c22-16-11-5-3-6-12(15(11)18(24)20-16)19-17(23)13-7-1-2-9-21(13)28(25,26)14-8-4-10-27-14/h3-6,8,10,13H,1-2,7,9H2,(H,19,23)(H,20,22,24). The van der Waals surface area contributed by atoms with Crippen LogP contribution in [0.4, 0.5) is 5.69 Å². The van der Waals surface area contributed by atoms with Gasteiger partial charge in [-0.15, -0.1) is 11.3 Å². The molecule has 8 nitrogen and oxygen atoms in total. The summed E-state index contributed by atoms with van der Waals surface area (Å²) in [6.45, 7) is 0.254. The van der Waals surface area contributed by atoms with Crippen LogP contribution in [-0.4, -0.2) is 43.0 Å². The molecule has 10 heteroatoms. The molecule has 0 aliphatic carbocycles. The Hall–Kier alpha value is -2.56. The maximum Gasteiger partial charge on any atom is 0.261 e. The molecule has 4 rings (SSSR count). The first-order valence-electron chi connectivity index (χ1n) is 8.74. The lowest BCUT2D eigenvalue weighted by molar-refractivity contribution is -0.120. The number of amides is 3.